The third kappa shape index (κ3) is 8.07. The Labute approximate surface area is 267 Å². The molecule has 0 heterocycles. The molecule has 0 bridgehead atoms. The average Bonchev–Trinajstić information content (AvgIpc) is 3.00. The number of nitrogens with one attached hydrogen (secondary N) is 3. The Balaban J connectivity index is 1.66. The summed E-state index contributed by atoms with van der Waals surface area (Å²) in [6, 6.07) is 22.3. The van der Waals surface area contributed by atoms with Gasteiger partial charge in [0.1, 0.15) is 0 Å². The summed E-state index contributed by atoms with van der Waals surface area (Å²) in [5, 5.41) is 9.21. The molecular formula is C39H45N3O3. The van der Waals surface area contributed by atoms with Crippen molar-refractivity contribution in [2.45, 2.75) is 80.4 Å². The molecular weight excluding hydrogens is 558 g/mol. The van der Waals surface area contributed by atoms with Gasteiger partial charge in [0.2, 0.25) is 0 Å². The second kappa shape index (κ2) is 13.9. The van der Waals surface area contributed by atoms with E-state index in [2.05, 4.69) is 34.1 Å². The van der Waals surface area contributed by atoms with Crippen LogP contribution in [-0.2, 0) is 0 Å². The molecule has 3 amide bonds. The molecule has 0 fully saturated rings. The lowest BCUT2D eigenvalue weighted by Crippen LogP contribution is -2.31. The lowest BCUT2D eigenvalue weighted by atomic mass is 9.97. The van der Waals surface area contributed by atoms with Crippen molar-refractivity contribution in [2.24, 2.45) is 0 Å². The molecule has 0 saturated carbocycles. The zero-order valence-electron chi connectivity index (χ0n) is 27.9. The molecule has 0 saturated heterocycles. The third-order valence-corrected chi connectivity index (χ3v) is 8.47. The van der Waals surface area contributed by atoms with Gasteiger partial charge in [0.25, 0.3) is 17.7 Å². The molecule has 6 nitrogen and oxygen atoms in total. The fourth-order valence-corrected chi connectivity index (χ4v) is 5.77. The predicted molar refractivity (Wildman–Crippen MR) is 182 cm³/mol. The molecule has 234 valence electrons. The topological polar surface area (TPSA) is 87.3 Å². The molecule has 3 N–H and O–H groups in total. The van der Waals surface area contributed by atoms with Gasteiger partial charge in [-0.05, 0) is 114 Å². The van der Waals surface area contributed by atoms with E-state index in [0.717, 1.165) is 50.1 Å². The Hall–Kier alpha value is -4.71. The molecule has 6 heteroatoms. The second-order valence-electron chi connectivity index (χ2n) is 12.5. The van der Waals surface area contributed by atoms with Crippen molar-refractivity contribution in [1.29, 1.82) is 0 Å². The highest BCUT2D eigenvalue weighted by Gasteiger charge is 2.22. The van der Waals surface area contributed by atoms with E-state index >= 15 is 0 Å². The first-order valence-corrected chi connectivity index (χ1v) is 15.5. The fraction of sp³-hybridized carbons (Fsp3) is 0.308. The maximum absolute atomic E-state index is 13.7. The lowest BCUT2D eigenvalue weighted by Gasteiger charge is -2.20. The molecule has 0 aromatic heterocycles. The quantitative estimate of drug-likeness (QED) is 0.181. The number of carbonyl (C=O) groups excluding carboxylic acids is 3. The molecule has 45 heavy (non-hydrogen) atoms. The number of carbonyl (C=O) groups is 3. The van der Waals surface area contributed by atoms with Crippen molar-refractivity contribution >= 4 is 17.7 Å². The van der Waals surface area contributed by atoms with Crippen LogP contribution in [0.4, 0.5) is 0 Å². The summed E-state index contributed by atoms with van der Waals surface area (Å²) in [4.78, 5) is 41.0. The van der Waals surface area contributed by atoms with Crippen molar-refractivity contribution in [3.63, 3.8) is 0 Å². The van der Waals surface area contributed by atoms with Gasteiger partial charge in [-0.3, -0.25) is 14.4 Å². The minimum absolute atomic E-state index is 0.240. The van der Waals surface area contributed by atoms with Crippen molar-refractivity contribution in [1.82, 2.24) is 16.0 Å². The van der Waals surface area contributed by atoms with Gasteiger partial charge in [0, 0.05) is 16.7 Å². The summed E-state index contributed by atoms with van der Waals surface area (Å²) in [6.45, 7) is 17.9. The molecule has 0 aliphatic heterocycles. The first-order valence-electron chi connectivity index (χ1n) is 15.5. The highest BCUT2D eigenvalue weighted by molar-refractivity contribution is 6.04. The van der Waals surface area contributed by atoms with Crippen LogP contribution in [0.2, 0.25) is 0 Å². The highest BCUT2D eigenvalue weighted by Crippen LogP contribution is 2.23. The Bertz CT molecular complexity index is 1540. The van der Waals surface area contributed by atoms with Crippen LogP contribution in [0.5, 0.6) is 0 Å². The standard InChI is InChI=1S/C39H45N3O3/c1-22-10-13-25(4)34(16-22)28(7)40-37(43)31-19-32(38(44)41-29(8)35-17-23(2)11-14-26(35)5)21-33(20-31)39(45)42-30(9)36-18-24(3)12-15-27(36)6/h10-21,28-30H,1-9H3,(H,40,43)(H,41,44)(H,42,45)/t28-,29-,30-/m1/s1. The SMILES string of the molecule is Cc1ccc(C)c([C@@H](C)NC(=O)c2cc(C(=O)N[C@H](C)c3cc(C)ccc3C)cc(C(=O)N[C@H](C)c3cc(C)ccc3C)c2)c1. The van der Waals surface area contributed by atoms with Gasteiger partial charge in [0.15, 0.2) is 0 Å². The largest absolute Gasteiger partial charge is 0.346 e. The summed E-state index contributed by atoms with van der Waals surface area (Å²) in [6.07, 6.45) is 0. The van der Waals surface area contributed by atoms with Gasteiger partial charge in [-0.1, -0.05) is 71.3 Å². The zero-order chi connectivity index (χ0) is 33.0. The minimum Gasteiger partial charge on any atom is -0.346 e. The number of hydrogen-bond acceptors (Lipinski definition) is 3. The monoisotopic (exact) mass is 603 g/mol. The number of rotatable bonds is 9. The molecule has 0 unspecified atom stereocenters. The van der Waals surface area contributed by atoms with E-state index in [1.807, 2.05) is 98.7 Å². The number of benzene rings is 4. The van der Waals surface area contributed by atoms with Crippen LogP contribution < -0.4 is 16.0 Å². The van der Waals surface area contributed by atoms with Crippen LogP contribution >= 0.6 is 0 Å². The van der Waals surface area contributed by atoms with Crippen molar-refractivity contribution in [3.05, 3.63) is 140 Å². The normalized spacial score (nSPS) is 13.0. The van der Waals surface area contributed by atoms with E-state index in [1.165, 1.54) is 0 Å². The number of amides is 3. The summed E-state index contributed by atoms with van der Waals surface area (Å²) < 4.78 is 0. The Kier molecular flexibility index (Phi) is 10.3. The van der Waals surface area contributed by atoms with E-state index in [9.17, 15) is 14.4 Å². The van der Waals surface area contributed by atoms with Crippen molar-refractivity contribution in [2.75, 3.05) is 0 Å². The summed E-state index contributed by atoms with van der Waals surface area (Å²) >= 11 is 0. The lowest BCUT2D eigenvalue weighted by molar-refractivity contribution is 0.0939. The summed E-state index contributed by atoms with van der Waals surface area (Å²) in [7, 11) is 0. The van der Waals surface area contributed by atoms with E-state index < -0.39 is 0 Å². The fourth-order valence-electron chi connectivity index (χ4n) is 5.77. The van der Waals surface area contributed by atoms with Crippen LogP contribution in [0.25, 0.3) is 0 Å². The average molecular weight is 604 g/mol. The Morgan fingerprint density at radius 3 is 0.911 bits per heavy atom. The summed E-state index contributed by atoms with van der Waals surface area (Å²) in [5.74, 6) is -1.09. The van der Waals surface area contributed by atoms with Crippen LogP contribution in [0.15, 0.2) is 72.8 Å². The van der Waals surface area contributed by atoms with Gasteiger partial charge in [-0.25, -0.2) is 0 Å². The van der Waals surface area contributed by atoms with Gasteiger partial charge in [-0.2, -0.15) is 0 Å². The van der Waals surface area contributed by atoms with Gasteiger partial charge in [-0.15, -0.1) is 0 Å². The zero-order valence-corrected chi connectivity index (χ0v) is 27.9. The molecule has 3 atom stereocenters. The van der Waals surface area contributed by atoms with Crippen LogP contribution in [-0.4, -0.2) is 17.7 Å². The maximum Gasteiger partial charge on any atom is 0.251 e. The Morgan fingerprint density at radius 1 is 0.422 bits per heavy atom. The van der Waals surface area contributed by atoms with E-state index in [-0.39, 0.29) is 52.5 Å². The smallest absolute Gasteiger partial charge is 0.251 e. The third-order valence-electron chi connectivity index (χ3n) is 8.47. The number of hydrogen-bond donors (Lipinski definition) is 3. The minimum atomic E-state index is -0.364. The molecule has 0 radical (unpaired) electrons. The predicted octanol–water partition coefficient (Wildman–Crippen LogP) is 8.01. The van der Waals surface area contributed by atoms with Crippen LogP contribution in [0, 0.1) is 41.5 Å². The van der Waals surface area contributed by atoms with Gasteiger partial charge < -0.3 is 16.0 Å². The van der Waals surface area contributed by atoms with Gasteiger partial charge in [0.05, 0.1) is 18.1 Å². The highest BCUT2D eigenvalue weighted by atomic mass is 16.2. The molecule has 4 aromatic rings. The van der Waals surface area contributed by atoms with Crippen molar-refractivity contribution in [3.8, 4) is 0 Å². The maximum atomic E-state index is 13.7. The first kappa shape index (κ1) is 33.2. The summed E-state index contributed by atoms with van der Waals surface area (Å²) in [5.41, 5.74) is 10.3. The molecule has 4 aromatic carbocycles. The molecule has 0 spiro atoms. The Morgan fingerprint density at radius 2 is 0.667 bits per heavy atom. The van der Waals surface area contributed by atoms with E-state index in [1.54, 1.807) is 18.2 Å². The number of aryl methyl sites for hydroxylation is 6. The second-order valence-corrected chi connectivity index (χ2v) is 12.5. The van der Waals surface area contributed by atoms with Crippen molar-refractivity contribution < 1.29 is 14.4 Å². The molecule has 0 aliphatic carbocycles. The molecule has 4 rings (SSSR count). The first-order chi connectivity index (χ1) is 21.2. The van der Waals surface area contributed by atoms with Crippen LogP contribution in [0.3, 0.4) is 0 Å². The van der Waals surface area contributed by atoms with Crippen LogP contribution in [0.1, 0.15) is 120 Å². The van der Waals surface area contributed by atoms with E-state index in [0.29, 0.717) is 0 Å². The van der Waals surface area contributed by atoms with Gasteiger partial charge >= 0.3 is 0 Å². The molecule has 0 aliphatic rings. The van der Waals surface area contributed by atoms with E-state index in [4.69, 9.17) is 0 Å².